The molecule has 59 valence electrons. The molecule has 1 unspecified atom stereocenters. The summed E-state index contributed by atoms with van der Waals surface area (Å²) in [5.74, 6) is 0. The van der Waals surface area contributed by atoms with Gasteiger partial charge in [-0.2, -0.15) is 0 Å². The molecule has 0 spiro atoms. The molecule has 1 aromatic rings. The highest BCUT2D eigenvalue weighted by Gasteiger charge is 2.01. The van der Waals surface area contributed by atoms with Crippen LogP contribution in [0.25, 0.3) is 0 Å². The molecule has 0 aromatic heterocycles. The van der Waals surface area contributed by atoms with E-state index >= 15 is 0 Å². The molecule has 0 bridgehead atoms. The number of rotatable bonds is 1. The van der Waals surface area contributed by atoms with E-state index in [9.17, 15) is 4.21 Å². The molecule has 11 heavy (non-hydrogen) atoms. The second-order valence-corrected chi connectivity index (χ2v) is 4.25. The molecular formula is C8H10NOS. The van der Waals surface area contributed by atoms with E-state index in [0.717, 1.165) is 0 Å². The summed E-state index contributed by atoms with van der Waals surface area (Å²) >= 11 is 0. The third-order valence-corrected chi connectivity index (χ3v) is 3.01. The van der Waals surface area contributed by atoms with Crippen LogP contribution in [-0.2, 0) is 9.73 Å². The van der Waals surface area contributed by atoms with Gasteiger partial charge in [0.2, 0.25) is 0 Å². The Balaban J connectivity index is 3.25. The lowest BCUT2D eigenvalue weighted by atomic mass is 10.4. The van der Waals surface area contributed by atoms with Gasteiger partial charge in [-0.1, -0.05) is 18.2 Å². The Morgan fingerprint density at radius 1 is 1.36 bits per heavy atom. The molecule has 3 heteroatoms. The Hall–Kier alpha value is -0.830. The number of hydrogen-bond donors (Lipinski definition) is 0. The first-order chi connectivity index (χ1) is 5.17. The third-order valence-electron chi connectivity index (χ3n) is 1.41. The van der Waals surface area contributed by atoms with E-state index in [2.05, 4.69) is 10.6 Å². The lowest BCUT2D eigenvalue weighted by Crippen LogP contribution is -1.92. The molecule has 0 saturated heterocycles. The summed E-state index contributed by atoms with van der Waals surface area (Å²) in [5, 5.41) is 0. The summed E-state index contributed by atoms with van der Waals surface area (Å²) in [6.45, 7) is 0. The van der Waals surface area contributed by atoms with Crippen LogP contribution >= 0.6 is 0 Å². The first kappa shape index (κ1) is 8.27. The predicted octanol–water partition coefficient (Wildman–Crippen LogP) is 1.93. The topological polar surface area (TPSA) is 29.4 Å². The van der Waals surface area contributed by atoms with Gasteiger partial charge >= 0.3 is 0 Å². The monoisotopic (exact) mass is 168 g/mol. The van der Waals surface area contributed by atoms with E-state index in [0.29, 0.717) is 4.90 Å². The average Bonchev–Trinajstić information content (AvgIpc) is 2.06. The normalized spacial score (nSPS) is 15.5. The van der Waals surface area contributed by atoms with Gasteiger partial charge < -0.3 is 0 Å². The maximum absolute atomic E-state index is 11.5. The van der Waals surface area contributed by atoms with Gasteiger partial charge in [0.05, 0.1) is 9.73 Å². The summed E-state index contributed by atoms with van der Waals surface area (Å²) in [4.78, 5) is 0.683. The summed E-state index contributed by atoms with van der Waals surface area (Å²) < 4.78 is 15.2. The van der Waals surface area contributed by atoms with Crippen molar-refractivity contribution in [3.05, 3.63) is 36.6 Å². The zero-order valence-corrected chi connectivity index (χ0v) is 7.17. The molecule has 0 aliphatic heterocycles. The van der Waals surface area contributed by atoms with Crippen LogP contribution in [0.4, 0.5) is 0 Å². The van der Waals surface area contributed by atoms with Crippen LogP contribution in [0.3, 0.4) is 0 Å². The van der Waals surface area contributed by atoms with Crippen molar-refractivity contribution in [3.63, 3.8) is 0 Å². The molecule has 1 rings (SSSR count). The van der Waals surface area contributed by atoms with E-state index in [1.54, 1.807) is 12.1 Å². The van der Waals surface area contributed by atoms with Crippen molar-refractivity contribution in [2.45, 2.75) is 4.90 Å². The van der Waals surface area contributed by atoms with Gasteiger partial charge in [0.15, 0.2) is 0 Å². The molecule has 2 nitrogen and oxygen atoms in total. The van der Waals surface area contributed by atoms with E-state index < -0.39 is 9.73 Å². The molecule has 1 radical (unpaired) electrons. The van der Waals surface area contributed by atoms with Gasteiger partial charge in [-0.05, 0) is 12.1 Å². The average molecular weight is 168 g/mol. The Kier molecular flexibility index (Phi) is 2.29. The van der Waals surface area contributed by atoms with Gasteiger partial charge in [0.1, 0.15) is 0 Å². The minimum atomic E-state index is -2.37. The fourth-order valence-corrected chi connectivity index (χ4v) is 1.53. The molecule has 1 atom stereocenters. The van der Waals surface area contributed by atoms with E-state index in [1.165, 1.54) is 7.05 Å². The lowest BCUT2D eigenvalue weighted by molar-refractivity contribution is 0.681. The van der Waals surface area contributed by atoms with Crippen LogP contribution < -0.4 is 0 Å². The minimum absolute atomic E-state index is 0.683. The quantitative estimate of drug-likeness (QED) is 0.630. The first-order valence-corrected chi connectivity index (χ1v) is 4.88. The van der Waals surface area contributed by atoms with E-state index in [1.807, 2.05) is 18.2 Å². The highest BCUT2D eigenvalue weighted by atomic mass is 32.2. The van der Waals surface area contributed by atoms with Crippen LogP contribution in [0.2, 0.25) is 0 Å². The van der Waals surface area contributed by atoms with Crippen molar-refractivity contribution in [2.75, 3.05) is 7.05 Å². The van der Waals surface area contributed by atoms with Crippen molar-refractivity contribution >= 4 is 9.73 Å². The second-order valence-electron chi connectivity index (χ2n) is 2.14. The summed E-state index contributed by atoms with van der Waals surface area (Å²) in [6.07, 6.45) is 3.52. The largest absolute Gasteiger partial charge is 0.245 e. The van der Waals surface area contributed by atoms with Gasteiger partial charge in [0, 0.05) is 18.2 Å². The van der Waals surface area contributed by atoms with E-state index in [-0.39, 0.29) is 0 Å². The van der Waals surface area contributed by atoms with Gasteiger partial charge in [-0.15, -0.1) is 0 Å². The smallest absolute Gasteiger partial charge is 0.0759 e. The Bertz CT molecular complexity index is 336. The van der Waals surface area contributed by atoms with Crippen LogP contribution in [0.5, 0.6) is 0 Å². The third kappa shape index (κ3) is 1.80. The molecule has 0 saturated carbocycles. The lowest BCUT2D eigenvalue weighted by Gasteiger charge is -2.00. The van der Waals surface area contributed by atoms with Gasteiger partial charge in [-0.3, -0.25) is 0 Å². The first-order valence-electron chi connectivity index (χ1n) is 3.20. The van der Waals surface area contributed by atoms with Crippen molar-refractivity contribution in [1.82, 2.24) is 0 Å². The number of nitrogens with zero attached hydrogens (tertiary/aromatic N) is 1. The molecule has 0 amide bonds. The number of hydrogen-bond acceptors (Lipinski definition) is 2. The van der Waals surface area contributed by atoms with Crippen molar-refractivity contribution in [2.24, 2.45) is 4.36 Å². The Morgan fingerprint density at radius 2 is 1.91 bits per heavy atom. The fraction of sp³-hybridized carbons (Fsp3) is 0.125. The van der Waals surface area contributed by atoms with Crippen LogP contribution in [-0.4, -0.2) is 11.3 Å². The standard InChI is InChI=1S/C8H10NOS/c1-9-11(2,10)8-6-4-3-5-7-8/h3-7H,2H2,1H3. The molecule has 1 aromatic carbocycles. The van der Waals surface area contributed by atoms with Crippen molar-refractivity contribution in [1.29, 1.82) is 0 Å². The molecule has 0 heterocycles. The maximum atomic E-state index is 11.5. The second kappa shape index (κ2) is 3.05. The molecule has 0 fully saturated rings. The predicted molar refractivity (Wildman–Crippen MR) is 46.6 cm³/mol. The van der Waals surface area contributed by atoms with Crippen LogP contribution in [0.15, 0.2) is 39.6 Å². The SMILES string of the molecule is [CH2]S(=O)(=NC)c1ccccc1. The van der Waals surface area contributed by atoms with Crippen LogP contribution in [0.1, 0.15) is 0 Å². The Labute approximate surface area is 67.4 Å². The van der Waals surface area contributed by atoms with Crippen LogP contribution in [0, 0.1) is 6.26 Å². The highest BCUT2D eigenvalue weighted by Crippen LogP contribution is 2.10. The van der Waals surface area contributed by atoms with Gasteiger partial charge in [0.25, 0.3) is 0 Å². The highest BCUT2D eigenvalue weighted by molar-refractivity contribution is 7.94. The van der Waals surface area contributed by atoms with Gasteiger partial charge in [-0.25, -0.2) is 8.57 Å². The maximum Gasteiger partial charge on any atom is 0.0759 e. The van der Waals surface area contributed by atoms with Crippen molar-refractivity contribution in [3.8, 4) is 0 Å². The Morgan fingerprint density at radius 3 is 2.36 bits per heavy atom. The molecule has 0 aliphatic carbocycles. The zero-order chi connectivity index (χ0) is 8.32. The summed E-state index contributed by atoms with van der Waals surface area (Å²) in [6, 6.07) is 9.05. The summed E-state index contributed by atoms with van der Waals surface area (Å²) in [7, 11) is -0.857. The summed E-state index contributed by atoms with van der Waals surface area (Å²) in [5.41, 5.74) is 0. The zero-order valence-electron chi connectivity index (χ0n) is 6.36. The minimum Gasteiger partial charge on any atom is -0.245 e. The molecule has 0 N–H and O–H groups in total. The molecular weight excluding hydrogens is 158 g/mol. The fourth-order valence-electron chi connectivity index (χ4n) is 0.739. The van der Waals surface area contributed by atoms with Crippen molar-refractivity contribution < 1.29 is 4.21 Å². The van der Waals surface area contributed by atoms with E-state index in [4.69, 9.17) is 0 Å². The number of benzene rings is 1. The molecule has 0 aliphatic rings.